The van der Waals surface area contributed by atoms with Crippen LogP contribution in [0.2, 0.25) is 0 Å². The van der Waals surface area contributed by atoms with Gasteiger partial charge in [0.15, 0.2) is 5.09 Å². The molecule has 0 N–H and O–H groups in total. The maximum absolute atomic E-state index is 9.11. The Bertz CT molecular complexity index is 378. The first-order valence-corrected chi connectivity index (χ1v) is 5.92. The molecule has 0 spiro atoms. The molecule has 78 valence electrons. The van der Waals surface area contributed by atoms with Gasteiger partial charge in [-0.25, -0.2) is 0 Å². The predicted octanol–water partition coefficient (Wildman–Crippen LogP) is 3.28. The van der Waals surface area contributed by atoms with Crippen LogP contribution >= 0.6 is 11.8 Å². The van der Waals surface area contributed by atoms with E-state index in [-0.39, 0.29) is 0 Å². The van der Waals surface area contributed by atoms with E-state index in [4.69, 9.17) is 10.00 Å². The topological polar surface area (TPSA) is 33.0 Å². The molecule has 0 aliphatic carbocycles. The Balaban J connectivity index is 3.12. The van der Waals surface area contributed by atoms with Gasteiger partial charge in [-0.3, -0.25) is 0 Å². The Hall–Kier alpha value is -1.40. The van der Waals surface area contributed by atoms with E-state index in [9.17, 15) is 0 Å². The van der Waals surface area contributed by atoms with E-state index in [1.807, 2.05) is 43.5 Å². The highest BCUT2D eigenvalue weighted by molar-refractivity contribution is 8.02. The van der Waals surface area contributed by atoms with Gasteiger partial charge < -0.3 is 4.74 Å². The Labute approximate surface area is 94.6 Å². The summed E-state index contributed by atoms with van der Waals surface area (Å²) in [6.45, 7) is 2.49. The van der Waals surface area contributed by atoms with Gasteiger partial charge in [-0.15, -0.1) is 0 Å². The zero-order valence-corrected chi connectivity index (χ0v) is 9.67. The van der Waals surface area contributed by atoms with Crippen LogP contribution in [0.5, 0.6) is 0 Å². The van der Waals surface area contributed by atoms with Crippen LogP contribution in [0, 0.1) is 11.3 Å². The number of nitriles is 1. The van der Waals surface area contributed by atoms with Crippen molar-refractivity contribution in [2.75, 3.05) is 12.9 Å². The van der Waals surface area contributed by atoms with Gasteiger partial charge >= 0.3 is 0 Å². The molecule has 0 radical (unpaired) electrons. The molecule has 0 saturated carbocycles. The van der Waals surface area contributed by atoms with E-state index in [1.165, 1.54) is 11.8 Å². The first-order chi connectivity index (χ1) is 7.33. The van der Waals surface area contributed by atoms with Gasteiger partial charge in [-0.2, -0.15) is 5.26 Å². The fourth-order valence-corrected chi connectivity index (χ4v) is 1.80. The molecule has 0 aromatic heterocycles. The van der Waals surface area contributed by atoms with Crippen molar-refractivity contribution in [2.45, 2.75) is 6.92 Å². The number of allylic oxidation sites excluding steroid dienone is 1. The molecule has 1 aromatic carbocycles. The third-order valence-corrected chi connectivity index (χ3v) is 2.53. The lowest BCUT2D eigenvalue weighted by Crippen LogP contribution is -1.92. The summed E-state index contributed by atoms with van der Waals surface area (Å²) in [7, 11) is 0. The number of nitrogens with zero attached hydrogens (tertiary/aromatic N) is 1. The lowest BCUT2D eigenvalue weighted by Gasteiger charge is -2.08. The van der Waals surface area contributed by atoms with Crippen molar-refractivity contribution in [3.8, 4) is 6.07 Å². The second-order valence-corrected chi connectivity index (χ2v) is 3.56. The van der Waals surface area contributed by atoms with Gasteiger partial charge in [0.1, 0.15) is 11.6 Å². The zero-order valence-electron chi connectivity index (χ0n) is 8.86. The number of ether oxygens (including phenoxy) is 1. The second-order valence-electron chi connectivity index (χ2n) is 2.78. The van der Waals surface area contributed by atoms with Gasteiger partial charge in [0, 0.05) is 0 Å². The van der Waals surface area contributed by atoms with Gasteiger partial charge in [-0.05, 0) is 18.7 Å². The van der Waals surface area contributed by atoms with Crippen LogP contribution in [0.3, 0.4) is 0 Å². The van der Waals surface area contributed by atoms with Crippen LogP contribution < -0.4 is 0 Å². The van der Waals surface area contributed by atoms with Crippen molar-refractivity contribution in [3.05, 3.63) is 41.0 Å². The molecule has 15 heavy (non-hydrogen) atoms. The van der Waals surface area contributed by atoms with E-state index in [0.717, 1.165) is 5.56 Å². The van der Waals surface area contributed by atoms with Crippen LogP contribution in [-0.2, 0) is 4.74 Å². The molecule has 2 nitrogen and oxygen atoms in total. The molecular formula is C12H13NOS. The number of hydrogen-bond acceptors (Lipinski definition) is 3. The molecule has 0 fully saturated rings. The van der Waals surface area contributed by atoms with E-state index in [1.54, 1.807) is 0 Å². The highest BCUT2D eigenvalue weighted by atomic mass is 32.2. The van der Waals surface area contributed by atoms with Crippen LogP contribution in [0.4, 0.5) is 0 Å². The van der Waals surface area contributed by atoms with E-state index in [0.29, 0.717) is 17.3 Å². The third-order valence-electron chi connectivity index (χ3n) is 1.84. The molecule has 0 aliphatic heterocycles. The summed E-state index contributed by atoms with van der Waals surface area (Å²) in [5, 5.41) is 9.79. The van der Waals surface area contributed by atoms with Crippen LogP contribution in [0.15, 0.2) is 35.4 Å². The first-order valence-electron chi connectivity index (χ1n) is 4.70. The Morgan fingerprint density at radius 3 is 2.53 bits per heavy atom. The molecule has 0 heterocycles. The summed E-state index contributed by atoms with van der Waals surface area (Å²) in [6, 6.07) is 11.8. The minimum atomic E-state index is 0.578. The average molecular weight is 219 g/mol. The summed E-state index contributed by atoms with van der Waals surface area (Å²) in [4.78, 5) is 0. The highest BCUT2D eigenvalue weighted by Crippen LogP contribution is 2.25. The standard InChI is InChI=1S/C12H13NOS/c1-3-14-12(15-2)11(9-13)10-7-5-4-6-8-10/h4-8H,3H2,1-2H3/b12-11+. The van der Waals surface area contributed by atoms with Crippen LogP contribution in [0.25, 0.3) is 5.57 Å². The summed E-state index contributed by atoms with van der Waals surface area (Å²) >= 11 is 1.46. The van der Waals surface area contributed by atoms with Crippen molar-refractivity contribution < 1.29 is 4.74 Å². The number of benzene rings is 1. The van der Waals surface area contributed by atoms with Crippen molar-refractivity contribution in [1.29, 1.82) is 5.26 Å². The molecule has 1 aromatic rings. The van der Waals surface area contributed by atoms with Crippen LogP contribution in [-0.4, -0.2) is 12.9 Å². The third kappa shape index (κ3) is 3.03. The van der Waals surface area contributed by atoms with Crippen LogP contribution in [0.1, 0.15) is 12.5 Å². The lowest BCUT2D eigenvalue weighted by molar-refractivity contribution is 0.260. The number of thioether (sulfide) groups is 1. The summed E-state index contributed by atoms with van der Waals surface area (Å²) < 4.78 is 5.42. The summed E-state index contributed by atoms with van der Waals surface area (Å²) in [5.74, 6) is 0. The normalized spacial score (nSPS) is 11.5. The fourth-order valence-electron chi connectivity index (χ4n) is 1.20. The second kappa shape index (κ2) is 6.15. The lowest BCUT2D eigenvalue weighted by atomic mass is 10.1. The minimum absolute atomic E-state index is 0.578. The SMILES string of the molecule is CCO/C(SC)=C(/C#N)c1ccccc1. The minimum Gasteiger partial charge on any atom is -0.486 e. The Morgan fingerprint density at radius 2 is 2.07 bits per heavy atom. The molecule has 3 heteroatoms. The Morgan fingerprint density at radius 1 is 1.40 bits per heavy atom. The highest BCUT2D eigenvalue weighted by Gasteiger charge is 2.08. The quantitative estimate of drug-likeness (QED) is 0.575. The largest absolute Gasteiger partial charge is 0.486 e. The number of hydrogen-bond donors (Lipinski definition) is 0. The van der Waals surface area contributed by atoms with E-state index in [2.05, 4.69) is 6.07 Å². The molecule has 0 saturated heterocycles. The molecule has 0 atom stereocenters. The Kier molecular flexibility index (Phi) is 4.79. The molecule has 0 unspecified atom stereocenters. The van der Waals surface area contributed by atoms with Gasteiger partial charge in [0.2, 0.25) is 0 Å². The van der Waals surface area contributed by atoms with Gasteiger partial charge in [0.25, 0.3) is 0 Å². The summed E-state index contributed by atoms with van der Waals surface area (Å²) in [5.41, 5.74) is 1.50. The van der Waals surface area contributed by atoms with E-state index < -0.39 is 0 Å². The van der Waals surface area contributed by atoms with Crippen molar-refractivity contribution >= 4 is 17.3 Å². The molecule has 0 amide bonds. The fraction of sp³-hybridized carbons (Fsp3) is 0.250. The smallest absolute Gasteiger partial charge is 0.171 e. The maximum atomic E-state index is 9.11. The van der Waals surface area contributed by atoms with Crippen molar-refractivity contribution in [1.82, 2.24) is 0 Å². The molecule has 0 aliphatic rings. The van der Waals surface area contributed by atoms with E-state index >= 15 is 0 Å². The van der Waals surface area contributed by atoms with Crippen molar-refractivity contribution in [3.63, 3.8) is 0 Å². The molecular weight excluding hydrogens is 206 g/mol. The molecule has 1 rings (SSSR count). The average Bonchev–Trinajstić information content (AvgIpc) is 2.30. The van der Waals surface area contributed by atoms with Gasteiger partial charge in [-0.1, -0.05) is 42.1 Å². The summed E-state index contributed by atoms with van der Waals surface area (Å²) in [6.07, 6.45) is 1.91. The molecule has 0 bridgehead atoms. The monoisotopic (exact) mass is 219 g/mol. The zero-order chi connectivity index (χ0) is 11.1. The van der Waals surface area contributed by atoms with Crippen molar-refractivity contribution in [2.24, 2.45) is 0 Å². The number of rotatable bonds is 4. The van der Waals surface area contributed by atoms with Gasteiger partial charge in [0.05, 0.1) is 6.61 Å². The predicted molar refractivity (Wildman–Crippen MR) is 64.1 cm³/mol. The first kappa shape index (κ1) is 11.7. The maximum Gasteiger partial charge on any atom is 0.171 e.